The van der Waals surface area contributed by atoms with E-state index in [0.717, 1.165) is 25.0 Å². The summed E-state index contributed by atoms with van der Waals surface area (Å²) in [7, 11) is 1.55. The van der Waals surface area contributed by atoms with Crippen LogP contribution in [0.15, 0.2) is 18.2 Å². The van der Waals surface area contributed by atoms with Crippen LogP contribution in [0.5, 0.6) is 0 Å². The number of amides is 2. The van der Waals surface area contributed by atoms with E-state index in [-0.39, 0.29) is 0 Å². The highest BCUT2D eigenvalue weighted by atomic mass is 19.1. The van der Waals surface area contributed by atoms with Gasteiger partial charge < -0.3 is 15.0 Å². The number of nitrogens with one attached hydrogen (secondary N) is 1. The maximum atomic E-state index is 13.5. The molecule has 1 aromatic carbocycles. The zero-order chi connectivity index (χ0) is 14.5. The Balaban J connectivity index is 2.02. The van der Waals surface area contributed by atoms with Gasteiger partial charge >= 0.3 is 6.03 Å². The number of methoxy groups -OCH3 is 1. The summed E-state index contributed by atoms with van der Waals surface area (Å²) in [6, 6.07) is 2.98. The van der Waals surface area contributed by atoms with E-state index in [0.29, 0.717) is 25.6 Å². The molecule has 0 heterocycles. The van der Waals surface area contributed by atoms with E-state index in [1.807, 2.05) is 0 Å². The van der Waals surface area contributed by atoms with Crippen molar-refractivity contribution in [2.45, 2.75) is 12.8 Å². The number of rotatable bonds is 6. The Kier molecular flexibility index (Phi) is 4.89. The molecule has 1 aliphatic carbocycles. The Labute approximate surface area is 116 Å². The van der Waals surface area contributed by atoms with Gasteiger partial charge in [0.1, 0.15) is 17.3 Å². The van der Waals surface area contributed by atoms with Crippen molar-refractivity contribution in [1.29, 1.82) is 0 Å². The van der Waals surface area contributed by atoms with Crippen molar-refractivity contribution in [3.8, 4) is 0 Å². The van der Waals surface area contributed by atoms with Crippen molar-refractivity contribution in [3.05, 3.63) is 29.8 Å². The number of para-hydroxylation sites is 1. The first-order valence-electron chi connectivity index (χ1n) is 6.60. The normalized spacial score (nSPS) is 14.2. The number of carbonyl (C=O) groups is 1. The van der Waals surface area contributed by atoms with Gasteiger partial charge in [0.15, 0.2) is 0 Å². The van der Waals surface area contributed by atoms with E-state index in [1.165, 1.54) is 11.0 Å². The van der Waals surface area contributed by atoms with Crippen LogP contribution in [-0.4, -0.2) is 37.7 Å². The van der Waals surface area contributed by atoms with Crippen LogP contribution in [0.4, 0.5) is 19.3 Å². The summed E-state index contributed by atoms with van der Waals surface area (Å²) in [5.74, 6) is -1.07. The number of nitrogens with zero attached hydrogens (tertiary/aromatic N) is 1. The lowest BCUT2D eigenvalue weighted by Crippen LogP contribution is -2.39. The number of ether oxygens (including phenoxy) is 1. The zero-order valence-electron chi connectivity index (χ0n) is 11.4. The predicted molar refractivity (Wildman–Crippen MR) is 71.5 cm³/mol. The van der Waals surface area contributed by atoms with E-state index < -0.39 is 23.4 Å². The van der Waals surface area contributed by atoms with Gasteiger partial charge in [-0.05, 0) is 30.9 Å². The Bertz CT molecular complexity index is 458. The van der Waals surface area contributed by atoms with Gasteiger partial charge in [-0.15, -0.1) is 0 Å². The number of benzene rings is 1. The minimum absolute atomic E-state index is 0.389. The average molecular weight is 284 g/mol. The van der Waals surface area contributed by atoms with Gasteiger partial charge in [0, 0.05) is 20.2 Å². The molecule has 6 heteroatoms. The predicted octanol–water partition coefficient (Wildman–Crippen LogP) is 2.86. The lowest BCUT2D eigenvalue weighted by atomic mass is 10.3. The molecule has 0 aromatic heterocycles. The summed E-state index contributed by atoms with van der Waals surface area (Å²) < 4.78 is 32.0. The molecule has 0 unspecified atom stereocenters. The largest absolute Gasteiger partial charge is 0.383 e. The fraction of sp³-hybridized carbons (Fsp3) is 0.500. The van der Waals surface area contributed by atoms with Crippen LogP contribution in [-0.2, 0) is 4.74 Å². The fourth-order valence-corrected chi connectivity index (χ4v) is 1.89. The molecule has 2 rings (SSSR count). The standard InChI is InChI=1S/C14H18F2N2O2/c1-20-8-7-18(9-10-5-6-10)14(19)17-13-11(15)3-2-4-12(13)16/h2-4,10H,5-9H2,1H3,(H,17,19). The third kappa shape index (κ3) is 3.90. The maximum absolute atomic E-state index is 13.5. The molecule has 1 fully saturated rings. The van der Waals surface area contributed by atoms with Crippen LogP contribution in [0.1, 0.15) is 12.8 Å². The Morgan fingerprint density at radius 2 is 2.05 bits per heavy atom. The second-order valence-corrected chi connectivity index (χ2v) is 4.91. The topological polar surface area (TPSA) is 41.6 Å². The average Bonchev–Trinajstić information content (AvgIpc) is 3.22. The van der Waals surface area contributed by atoms with Crippen molar-refractivity contribution < 1.29 is 18.3 Å². The minimum Gasteiger partial charge on any atom is -0.383 e. The van der Waals surface area contributed by atoms with Gasteiger partial charge in [0.05, 0.1) is 6.61 Å². The van der Waals surface area contributed by atoms with Crippen LogP contribution < -0.4 is 5.32 Å². The molecule has 4 nitrogen and oxygen atoms in total. The number of hydrogen-bond donors (Lipinski definition) is 1. The van der Waals surface area contributed by atoms with Crippen LogP contribution >= 0.6 is 0 Å². The monoisotopic (exact) mass is 284 g/mol. The van der Waals surface area contributed by atoms with Crippen molar-refractivity contribution in [2.75, 3.05) is 32.1 Å². The number of anilines is 1. The first-order chi connectivity index (χ1) is 9.61. The molecule has 20 heavy (non-hydrogen) atoms. The summed E-state index contributed by atoms with van der Waals surface area (Å²) >= 11 is 0. The molecule has 2 amide bonds. The van der Waals surface area contributed by atoms with Crippen molar-refractivity contribution in [3.63, 3.8) is 0 Å². The second-order valence-electron chi connectivity index (χ2n) is 4.91. The van der Waals surface area contributed by atoms with Crippen molar-refractivity contribution in [2.24, 2.45) is 5.92 Å². The molecular weight excluding hydrogens is 266 g/mol. The summed E-state index contributed by atoms with van der Waals surface area (Å²) in [6.45, 7) is 1.38. The molecule has 1 aliphatic rings. The third-order valence-corrected chi connectivity index (χ3v) is 3.22. The second kappa shape index (κ2) is 6.65. The van der Waals surface area contributed by atoms with Gasteiger partial charge in [-0.1, -0.05) is 6.07 Å². The highest BCUT2D eigenvalue weighted by molar-refractivity contribution is 5.89. The molecule has 1 aromatic rings. The van der Waals surface area contributed by atoms with E-state index in [1.54, 1.807) is 7.11 Å². The highest BCUT2D eigenvalue weighted by Gasteiger charge is 2.27. The molecule has 0 saturated heterocycles. The number of halogens is 2. The molecular formula is C14H18F2N2O2. The lowest BCUT2D eigenvalue weighted by molar-refractivity contribution is 0.153. The molecule has 0 aliphatic heterocycles. The minimum atomic E-state index is -0.781. The molecule has 0 atom stereocenters. The smallest absolute Gasteiger partial charge is 0.322 e. The van der Waals surface area contributed by atoms with E-state index >= 15 is 0 Å². The van der Waals surface area contributed by atoms with E-state index in [2.05, 4.69) is 5.32 Å². The zero-order valence-corrected chi connectivity index (χ0v) is 11.4. The Morgan fingerprint density at radius 1 is 1.40 bits per heavy atom. The van der Waals surface area contributed by atoms with Crippen molar-refractivity contribution in [1.82, 2.24) is 4.90 Å². The van der Waals surface area contributed by atoms with E-state index in [9.17, 15) is 13.6 Å². The number of urea groups is 1. The fourth-order valence-electron chi connectivity index (χ4n) is 1.89. The summed E-state index contributed by atoms with van der Waals surface area (Å²) in [4.78, 5) is 13.6. The van der Waals surface area contributed by atoms with Gasteiger partial charge in [0.25, 0.3) is 0 Å². The molecule has 110 valence electrons. The SMILES string of the molecule is COCCN(CC1CC1)C(=O)Nc1c(F)cccc1F. The van der Waals surface area contributed by atoms with Gasteiger partial charge in [0.2, 0.25) is 0 Å². The van der Waals surface area contributed by atoms with E-state index in [4.69, 9.17) is 4.74 Å². The number of carbonyl (C=O) groups excluding carboxylic acids is 1. The first-order valence-corrected chi connectivity index (χ1v) is 6.60. The molecule has 1 saturated carbocycles. The molecule has 1 N–H and O–H groups in total. The van der Waals surface area contributed by atoms with Crippen molar-refractivity contribution >= 4 is 11.7 Å². The molecule has 0 bridgehead atoms. The van der Waals surface area contributed by atoms with Gasteiger partial charge in [-0.2, -0.15) is 0 Å². The van der Waals surface area contributed by atoms with Crippen LogP contribution in [0, 0.1) is 17.6 Å². The van der Waals surface area contributed by atoms with Crippen LogP contribution in [0.25, 0.3) is 0 Å². The van der Waals surface area contributed by atoms with Gasteiger partial charge in [-0.25, -0.2) is 13.6 Å². The van der Waals surface area contributed by atoms with Crippen LogP contribution in [0.2, 0.25) is 0 Å². The molecule has 0 radical (unpaired) electrons. The third-order valence-electron chi connectivity index (χ3n) is 3.22. The number of hydrogen-bond acceptors (Lipinski definition) is 2. The Hall–Kier alpha value is -1.69. The Morgan fingerprint density at radius 3 is 2.60 bits per heavy atom. The lowest BCUT2D eigenvalue weighted by Gasteiger charge is -2.23. The highest BCUT2D eigenvalue weighted by Crippen LogP contribution is 2.30. The molecule has 0 spiro atoms. The van der Waals surface area contributed by atoms with Gasteiger partial charge in [-0.3, -0.25) is 0 Å². The quantitative estimate of drug-likeness (QED) is 0.872. The van der Waals surface area contributed by atoms with Crippen LogP contribution in [0.3, 0.4) is 0 Å². The maximum Gasteiger partial charge on any atom is 0.322 e. The summed E-state index contributed by atoms with van der Waals surface area (Å²) in [5, 5.41) is 2.30. The summed E-state index contributed by atoms with van der Waals surface area (Å²) in [5.41, 5.74) is -0.407. The summed E-state index contributed by atoms with van der Waals surface area (Å²) in [6.07, 6.45) is 2.18. The first kappa shape index (κ1) is 14.7.